The highest BCUT2D eigenvalue weighted by molar-refractivity contribution is 7.31. The average molecular weight is 617 g/mol. The zero-order chi connectivity index (χ0) is 29.4. The van der Waals surface area contributed by atoms with Gasteiger partial charge in [-0.2, -0.15) is 0 Å². The van der Waals surface area contributed by atoms with Gasteiger partial charge in [-0.1, -0.05) is 66.2 Å². The second-order valence-corrected chi connectivity index (χ2v) is 14.0. The van der Waals surface area contributed by atoms with Crippen LogP contribution in [0.5, 0.6) is 0 Å². The minimum atomic E-state index is -0.717. The van der Waals surface area contributed by atoms with Gasteiger partial charge in [0.1, 0.15) is 11.8 Å². The number of hydrogen-bond donors (Lipinski definition) is 2. The number of carboxylic acids is 1. The van der Waals surface area contributed by atoms with Gasteiger partial charge >= 0.3 is 12.1 Å². The minimum Gasteiger partial charge on any atom is -0.481 e. The third-order valence-electron chi connectivity index (χ3n) is 7.92. The maximum Gasteiger partial charge on any atom is 0.413 e. The fraction of sp³-hybridized carbons (Fsp3) is 0.290. The number of rotatable bonds is 10. The molecule has 42 heavy (non-hydrogen) atoms. The molecule has 11 heteroatoms. The normalized spacial score (nSPS) is 14.6. The van der Waals surface area contributed by atoms with Gasteiger partial charge in [-0.15, -0.1) is 27.8 Å². The Bertz CT molecular complexity index is 1740. The van der Waals surface area contributed by atoms with E-state index >= 15 is 0 Å². The summed E-state index contributed by atoms with van der Waals surface area (Å²) in [7, 11) is 2.89. The Morgan fingerprint density at radius 3 is 2.50 bits per heavy atom. The Morgan fingerprint density at radius 2 is 1.81 bits per heavy atom. The quantitative estimate of drug-likeness (QED) is 0.172. The van der Waals surface area contributed by atoms with Crippen molar-refractivity contribution in [1.82, 2.24) is 15.0 Å². The lowest BCUT2D eigenvalue weighted by molar-refractivity contribution is -0.140. The van der Waals surface area contributed by atoms with Crippen molar-refractivity contribution in [2.45, 2.75) is 50.2 Å². The number of benzene rings is 2. The summed E-state index contributed by atoms with van der Waals surface area (Å²) >= 11 is 3.32. The lowest BCUT2D eigenvalue weighted by Gasteiger charge is -2.15. The van der Waals surface area contributed by atoms with Gasteiger partial charge in [-0.05, 0) is 60.6 Å². The number of aliphatic carboxylic acids is 1. The summed E-state index contributed by atoms with van der Waals surface area (Å²) in [5.41, 5.74) is 4.15. The van der Waals surface area contributed by atoms with Crippen molar-refractivity contribution in [3.63, 3.8) is 0 Å². The van der Waals surface area contributed by atoms with Crippen molar-refractivity contribution in [2.24, 2.45) is 7.05 Å². The molecule has 1 fully saturated rings. The van der Waals surface area contributed by atoms with Crippen molar-refractivity contribution in [1.29, 1.82) is 0 Å². The Labute approximate surface area is 254 Å². The number of carboxylic acid groups (broad SMARTS) is 1. The molecule has 1 atom stereocenters. The Morgan fingerprint density at radius 1 is 1.10 bits per heavy atom. The van der Waals surface area contributed by atoms with Crippen molar-refractivity contribution >= 4 is 60.2 Å². The van der Waals surface area contributed by atoms with E-state index < -0.39 is 23.6 Å². The average Bonchev–Trinajstić information content (AvgIpc) is 3.41. The first-order chi connectivity index (χ1) is 20.3. The van der Waals surface area contributed by atoms with Gasteiger partial charge < -0.3 is 9.84 Å². The molecule has 0 aliphatic heterocycles. The molecule has 2 N–H and O–H groups in total. The number of ether oxygens (including phenoxy) is 1. The van der Waals surface area contributed by atoms with Gasteiger partial charge in [-0.3, -0.25) is 10.1 Å². The number of aryl methyl sites for hydroxylation is 2. The van der Waals surface area contributed by atoms with Crippen LogP contribution in [0.15, 0.2) is 60.7 Å². The molecule has 6 rings (SSSR count). The molecule has 1 aliphatic rings. The summed E-state index contributed by atoms with van der Waals surface area (Å²) in [6, 6.07) is 21.4. The molecule has 2 aromatic carbocycles. The number of nitrogens with zero attached hydrogens (tertiary/aromatic N) is 3. The van der Waals surface area contributed by atoms with Crippen LogP contribution in [0.2, 0.25) is 6.04 Å². The monoisotopic (exact) mass is 616 g/mol. The van der Waals surface area contributed by atoms with Gasteiger partial charge in [0.15, 0.2) is 5.82 Å². The van der Waals surface area contributed by atoms with Crippen molar-refractivity contribution in [3.8, 4) is 21.0 Å². The number of fused-ring (bicyclic) bond motifs is 1. The van der Waals surface area contributed by atoms with E-state index in [2.05, 4.69) is 39.9 Å². The van der Waals surface area contributed by atoms with Gasteiger partial charge in [0.05, 0.1) is 10.3 Å². The number of amides is 1. The highest BCUT2D eigenvalue weighted by atomic mass is 32.1. The lowest BCUT2D eigenvalue weighted by Crippen LogP contribution is -2.19. The molecule has 0 spiro atoms. The maximum atomic E-state index is 12.8. The molecule has 0 saturated heterocycles. The molecule has 1 saturated carbocycles. The van der Waals surface area contributed by atoms with Crippen LogP contribution < -0.4 is 5.32 Å². The number of aromatic nitrogens is 3. The zero-order valence-electron chi connectivity index (χ0n) is 23.7. The second-order valence-electron chi connectivity index (χ2n) is 10.8. The Kier molecular flexibility index (Phi) is 7.73. The second kappa shape index (κ2) is 11.5. The topological polar surface area (TPSA) is 106 Å². The highest BCUT2D eigenvalue weighted by Crippen LogP contribution is 2.50. The summed E-state index contributed by atoms with van der Waals surface area (Å²) < 4.78 is 9.40. The summed E-state index contributed by atoms with van der Waals surface area (Å²) in [5.74, 6) is -0.243. The maximum absolute atomic E-state index is 12.8. The van der Waals surface area contributed by atoms with E-state index in [4.69, 9.17) is 4.74 Å². The molecular weight excluding hydrogens is 585 g/mol. The molecule has 0 bridgehead atoms. The number of thiophene rings is 2. The van der Waals surface area contributed by atoms with Gasteiger partial charge in [0, 0.05) is 31.6 Å². The minimum absolute atomic E-state index is 0.404. The van der Waals surface area contributed by atoms with Crippen LogP contribution in [0, 0.1) is 0 Å². The van der Waals surface area contributed by atoms with E-state index in [1.807, 2.05) is 43.3 Å². The molecule has 5 aromatic rings. The number of carbonyl (C=O) groups excluding carboxylic acids is 1. The van der Waals surface area contributed by atoms with E-state index in [1.165, 1.54) is 26.7 Å². The molecule has 1 amide bonds. The molecule has 3 aromatic heterocycles. The van der Waals surface area contributed by atoms with Gasteiger partial charge in [-0.25, -0.2) is 9.48 Å². The SMILES string of the molecule is CC(OC(=O)Nc1c(-c2cc3sc(-c4ccc(C5(C(=O)O)CC5)cc4CCC[SiH3])cc3s2)nnn1C)c1ccccc1. The molecule has 8 nitrogen and oxygen atoms in total. The Balaban J connectivity index is 1.25. The number of carbonyl (C=O) groups is 2. The number of hydrogen-bond acceptors (Lipinski definition) is 7. The molecule has 3 heterocycles. The summed E-state index contributed by atoms with van der Waals surface area (Å²) in [5, 5.41) is 21.2. The first kappa shape index (κ1) is 28.3. The predicted molar refractivity (Wildman–Crippen MR) is 172 cm³/mol. The third-order valence-corrected chi connectivity index (χ3v) is 11.0. The van der Waals surface area contributed by atoms with Gasteiger partial charge in [0.2, 0.25) is 0 Å². The number of anilines is 1. The molecule has 1 aliphatic carbocycles. The van der Waals surface area contributed by atoms with Crippen LogP contribution in [0.1, 0.15) is 49.0 Å². The van der Waals surface area contributed by atoms with E-state index in [0.29, 0.717) is 24.4 Å². The van der Waals surface area contributed by atoms with Crippen LogP contribution in [0.3, 0.4) is 0 Å². The molecular formula is C31H32N4O4S2Si. The van der Waals surface area contributed by atoms with E-state index in [0.717, 1.165) is 48.5 Å². The van der Waals surface area contributed by atoms with E-state index in [9.17, 15) is 14.7 Å². The standard InChI is InChI=1S/C31H32N4O4S2Si/c1-18(19-7-4-3-5-8-19)39-30(38)32-28-27(33-34-35(28)2)26-17-25-24(41-26)16-23(40-25)22-11-10-21(15-20(22)9-6-14-42)31(12-13-31)29(36)37/h3-5,7-8,10-11,15-18H,6,9,12-14H2,1-2,42H3,(H,32,38)(H,36,37). The Hall–Kier alpha value is -3.80. The number of nitrogens with one attached hydrogen (secondary N) is 1. The zero-order valence-corrected chi connectivity index (χ0v) is 27.3. The van der Waals surface area contributed by atoms with Crippen molar-refractivity contribution in [2.75, 3.05) is 5.32 Å². The van der Waals surface area contributed by atoms with Crippen LogP contribution in [-0.4, -0.2) is 42.4 Å². The van der Waals surface area contributed by atoms with Crippen LogP contribution in [0.4, 0.5) is 10.6 Å². The van der Waals surface area contributed by atoms with Crippen molar-refractivity contribution < 1.29 is 19.4 Å². The first-order valence-corrected chi connectivity index (χ1v) is 17.2. The van der Waals surface area contributed by atoms with Crippen LogP contribution in [0.25, 0.3) is 30.4 Å². The highest BCUT2D eigenvalue weighted by Gasteiger charge is 2.51. The first-order valence-electron chi connectivity index (χ1n) is 14.1. The van der Waals surface area contributed by atoms with Gasteiger partial charge in [0.25, 0.3) is 0 Å². The predicted octanol–water partition coefficient (Wildman–Crippen LogP) is 6.57. The fourth-order valence-corrected chi connectivity index (χ4v) is 8.08. The summed E-state index contributed by atoms with van der Waals surface area (Å²) in [6.45, 7) is 1.83. The third kappa shape index (κ3) is 5.39. The molecule has 1 unspecified atom stereocenters. The van der Waals surface area contributed by atoms with E-state index in [1.54, 1.807) is 29.7 Å². The van der Waals surface area contributed by atoms with Crippen molar-refractivity contribution in [3.05, 3.63) is 77.4 Å². The summed E-state index contributed by atoms with van der Waals surface area (Å²) in [6.07, 6.45) is 2.51. The summed E-state index contributed by atoms with van der Waals surface area (Å²) in [4.78, 5) is 26.8. The molecule has 0 radical (unpaired) electrons. The largest absolute Gasteiger partial charge is 0.481 e. The van der Waals surface area contributed by atoms with Crippen LogP contribution >= 0.6 is 22.7 Å². The fourth-order valence-electron chi connectivity index (χ4n) is 5.28. The molecule has 216 valence electrons. The van der Waals surface area contributed by atoms with E-state index in [-0.39, 0.29) is 0 Å². The smallest absolute Gasteiger partial charge is 0.413 e. The lowest BCUT2D eigenvalue weighted by atomic mass is 9.90. The van der Waals surface area contributed by atoms with Crippen LogP contribution in [-0.2, 0) is 28.4 Å².